The van der Waals surface area contributed by atoms with Gasteiger partial charge in [0.25, 0.3) is 10.0 Å². The molecule has 0 heterocycles. The summed E-state index contributed by atoms with van der Waals surface area (Å²) in [6, 6.07) is 10.4. The summed E-state index contributed by atoms with van der Waals surface area (Å²) in [7, 11) is -2.17. The molecule has 0 saturated heterocycles. The Morgan fingerprint density at radius 2 is 1.76 bits per heavy atom. The minimum absolute atomic E-state index is 0.0966. The Kier molecular flexibility index (Phi) is 4.30. The summed E-state index contributed by atoms with van der Waals surface area (Å²) in [6.07, 6.45) is 0. The standard InChI is InChI=1S/C15H17BrN2O2S/c1-10-4-7-14(11(2)8-10)18(3)21(19,20)15-9-12(16)5-6-13(15)17/h4-9H,17H2,1-3H3. The van der Waals surface area contributed by atoms with Crippen LogP contribution < -0.4 is 10.0 Å². The highest BCUT2D eigenvalue weighted by atomic mass is 79.9. The van der Waals surface area contributed by atoms with Crippen LogP contribution in [0.25, 0.3) is 0 Å². The second-order valence-electron chi connectivity index (χ2n) is 4.94. The van der Waals surface area contributed by atoms with Gasteiger partial charge in [-0.05, 0) is 43.7 Å². The minimum atomic E-state index is -3.70. The van der Waals surface area contributed by atoms with Gasteiger partial charge in [0, 0.05) is 11.5 Å². The Balaban J connectivity index is 2.55. The zero-order chi connectivity index (χ0) is 15.8. The van der Waals surface area contributed by atoms with Gasteiger partial charge in [0.2, 0.25) is 0 Å². The van der Waals surface area contributed by atoms with Crippen LogP contribution in [0.2, 0.25) is 0 Å². The molecule has 0 fully saturated rings. The van der Waals surface area contributed by atoms with Gasteiger partial charge < -0.3 is 5.73 Å². The van der Waals surface area contributed by atoms with Crippen LogP contribution in [0.15, 0.2) is 45.8 Å². The first-order valence-electron chi connectivity index (χ1n) is 6.34. The average molecular weight is 369 g/mol. The van der Waals surface area contributed by atoms with Crippen molar-refractivity contribution in [2.45, 2.75) is 18.7 Å². The number of nitrogens with zero attached hydrogens (tertiary/aromatic N) is 1. The summed E-state index contributed by atoms with van der Waals surface area (Å²) in [4.78, 5) is 0.0966. The second-order valence-corrected chi connectivity index (χ2v) is 7.80. The highest BCUT2D eigenvalue weighted by molar-refractivity contribution is 9.10. The Morgan fingerprint density at radius 3 is 2.38 bits per heavy atom. The fourth-order valence-corrected chi connectivity index (χ4v) is 4.08. The van der Waals surface area contributed by atoms with Crippen LogP contribution in [0.1, 0.15) is 11.1 Å². The maximum Gasteiger partial charge on any atom is 0.266 e. The molecule has 6 heteroatoms. The van der Waals surface area contributed by atoms with E-state index in [1.807, 2.05) is 26.0 Å². The van der Waals surface area contributed by atoms with Crippen molar-refractivity contribution in [3.8, 4) is 0 Å². The number of hydrogen-bond acceptors (Lipinski definition) is 3. The number of nitrogen functional groups attached to an aromatic ring is 1. The van der Waals surface area contributed by atoms with E-state index in [0.717, 1.165) is 11.1 Å². The van der Waals surface area contributed by atoms with Crippen molar-refractivity contribution in [3.63, 3.8) is 0 Å². The van der Waals surface area contributed by atoms with Crippen molar-refractivity contribution in [1.29, 1.82) is 0 Å². The molecule has 112 valence electrons. The molecule has 0 unspecified atom stereocenters. The number of sulfonamides is 1. The predicted molar refractivity (Wildman–Crippen MR) is 90.1 cm³/mol. The lowest BCUT2D eigenvalue weighted by Gasteiger charge is -2.22. The third-order valence-electron chi connectivity index (χ3n) is 3.31. The van der Waals surface area contributed by atoms with E-state index in [2.05, 4.69) is 15.9 Å². The quantitative estimate of drug-likeness (QED) is 0.843. The maximum atomic E-state index is 12.8. The lowest BCUT2D eigenvalue weighted by molar-refractivity contribution is 0.594. The van der Waals surface area contributed by atoms with Gasteiger partial charge in [0.05, 0.1) is 11.4 Å². The monoisotopic (exact) mass is 368 g/mol. The van der Waals surface area contributed by atoms with Crippen molar-refractivity contribution in [1.82, 2.24) is 0 Å². The lowest BCUT2D eigenvalue weighted by atomic mass is 10.1. The number of anilines is 2. The SMILES string of the molecule is Cc1ccc(N(C)S(=O)(=O)c2cc(Br)ccc2N)c(C)c1. The predicted octanol–water partition coefficient (Wildman–Crippen LogP) is 3.47. The Bertz CT molecular complexity index is 788. The van der Waals surface area contributed by atoms with E-state index in [9.17, 15) is 8.42 Å². The number of hydrogen-bond donors (Lipinski definition) is 1. The molecule has 0 aliphatic carbocycles. The Morgan fingerprint density at radius 1 is 1.10 bits per heavy atom. The van der Waals surface area contributed by atoms with E-state index < -0.39 is 10.0 Å². The van der Waals surface area contributed by atoms with E-state index in [4.69, 9.17) is 5.73 Å². The molecule has 0 aliphatic heterocycles. The third kappa shape index (κ3) is 3.06. The third-order valence-corrected chi connectivity index (χ3v) is 5.63. The molecule has 0 spiro atoms. The number of aryl methyl sites for hydroxylation is 2. The Hall–Kier alpha value is -1.53. The van der Waals surface area contributed by atoms with E-state index >= 15 is 0 Å². The zero-order valence-electron chi connectivity index (χ0n) is 12.1. The van der Waals surface area contributed by atoms with Gasteiger partial charge in [-0.25, -0.2) is 8.42 Å². The van der Waals surface area contributed by atoms with E-state index in [1.165, 1.54) is 17.4 Å². The molecule has 2 rings (SSSR count). The van der Waals surface area contributed by atoms with Crippen molar-refractivity contribution < 1.29 is 8.42 Å². The molecule has 0 amide bonds. The molecule has 0 bridgehead atoms. The van der Waals surface area contributed by atoms with Crippen LogP contribution in [0.4, 0.5) is 11.4 Å². The molecular weight excluding hydrogens is 352 g/mol. The molecule has 4 nitrogen and oxygen atoms in total. The van der Waals surface area contributed by atoms with Crippen LogP contribution in [-0.2, 0) is 10.0 Å². The Labute approximate surface area is 133 Å². The van der Waals surface area contributed by atoms with Crippen molar-refractivity contribution >= 4 is 37.3 Å². The first-order valence-corrected chi connectivity index (χ1v) is 8.58. The van der Waals surface area contributed by atoms with Gasteiger partial charge in [-0.1, -0.05) is 33.6 Å². The van der Waals surface area contributed by atoms with Gasteiger partial charge in [-0.2, -0.15) is 0 Å². The first-order chi connectivity index (χ1) is 9.73. The summed E-state index contributed by atoms with van der Waals surface area (Å²) in [5, 5.41) is 0. The summed E-state index contributed by atoms with van der Waals surface area (Å²) in [5.74, 6) is 0. The molecule has 21 heavy (non-hydrogen) atoms. The maximum absolute atomic E-state index is 12.8. The molecule has 0 aliphatic rings. The molecule has 0 aromatic heterocycles. The molecule has 0 radical (unpaired) electrons. The lowest BCUT2D eigenvalue weighted by Crippen LogP contribution is -2.28. The van der Waals surface area contributed by atoms with Gasteiger partial charge in [0.15, 0.2) is 0 Å². The summed E-state index contributed by atoms with van der Waals surface area (Å²) < 4.78 is 27.5. The number of nitrogens with two attached hydrogens (primary N) is 1. The first kappa shape index (κ1) is 15.9. The van der Waals surface area contributed by atoms with Crippen LogP contribution in [0.3, 0.4) is 0 Å². The molecule has 0 saturated carbocycles. The van der Waals surface area contributed by atoms with Crippen LogP contribution in [-0.4, -0.2) is 15.5 Å². The fraction of sp³-hybridized carbons (Fsp3) is 0.200. The normalized spacial score (nSPS) is 11.4. The molecule has 2 N–H and O–H groups in total. The van der Waals surface area contributed by atoms with Crippen molar-refractivity contribution in [2.24, 2.45) is 0 Å². The molecule has 2 aromatic rings. The number of halogens is 1. The smallest absolute Gasteiger partial charge is 0.266 e. The topological polar surface area (TPSA) is 63.4 Å². The van der Waals surface area contributed by atoms with E-state index in [-0.39, 0.29) is 10.6 Å². The van der Waals surface area contributed by atoms with Gasteiger partial charge in [-0.15, -0.1) is 0 Å². The summed E-state index contributed by atoms with van der Waals surface area (Å²) >= 11 is 3.28. The van der Waals surface area contributed by atoms with Crippen molar-refractivity contribution in [3.05, 3.63) is 52.0 Å². The number of benzene rings is 2. The second kappa shape index (κ2) is 5.69. The fourth-order valence-electron chi connectivity index (χ4n) is 2.17. The summed E-state index contributed by atoms with van der Waals surface area (Å²) in [5.41, 5.74) is 8.68. The molecular formula is C15H17BrN2O2S. The van der Waals surface area contributed by atoms with Crippen LogP contribution >= 0.6 is 15.9 Å². The highest BCUT2D eigenvalue weighted by Gasteiger charge is 2.25. The summed E-state index contributed by atoms with van der Waals surface area (Å²) in [6.45, 7) is 3.86. The zero-order valence-corrected chi connectivity index (χ0v) is 14.5. The molecule has 0 atom stereocenters. The average Bonchev–Trinajstić information content (AvgIpc) is 2.40. The van der Waals surface area contributed by atoms with Crippen molar-refractivity contribution in [2.75, 3.05) is 17.1 Å². The highest BCUT2D eigenvalue weighted by Crippen LogP contribution is 2.30. The molecule has 2 aromatic carbocycles. The van der Waals surface area contributed by atoms with Gasteiger partial charge in [0.1, 0.15) is 4.90 Å². The van der Waals surface area contributed by atoms with Crippen LogP contribution in [0, 0.1) is 13.8 Å². The van der Waals surface area contributed by atoms with Gasteiger partial charge in [-0.3, -0.25) is 4.31 Å². The van der Waals surface area contributed by atoms with Crippen LogP contribution in [0.5, 0.6) is 0 Å². The number of rotatable bonds is 3. The van der Waals surface area contributed by atoms with E-state index in [0.29, 0.717) is 10.2 Å². The van der Waals surface area contributed by atoms with E-state index in [1.54, 1.807) is 18.2 Å². The largest absolute Gasteiger partial charge is 0.398 e. The minimum Gasteiger partial charge on any atom is -0.398 e. The van der Waals surface area contributed by atoms with Gasteiger partial charge >= 0.3 is 0 Å².